The van der Waals surface area contributed by atoms with Gasteiger partial charge in [-0.15, -0.1) is 0 Å². The smallest absolute Gasteiger partial charge is 0.125 e. The van der Waals surface area contributed by atoms with E-state index in [9.17, 15) is 15.3 Å². The molecular weight excluding hydrogens is 210 g/mol. The molecular formula is C11H17NO4. The van der Waals surface area contributed by atoms with Crippen molar-refractivity contribution < 1.29 is 20.1 Å². The molecule has 5 N–H and O–H groups in total. The van der Waals surface area contributed by atoms with Gasteiger partial charge in [0.1, 0.15) is 17.6 Å². The van der Waals surface area contributed by atoms with E-state index in [0.29, 0.717) is 11.3 Å². The highest BCUT2D eigenvalue weighted by molar-refractivity contribution is 5.41. The molecule has 0 aromatic heterocycles. The minimum absolute atomic E-state index is 0.00907. The van der Waals surface area contributed by atoms with Crippen LogP contribution in [-0.4, -0.2) is 35.1 Å². The number of aliphatic hydroxyl groups is 2. The van der Waals surface area contributed by atoms with Crippen molar-refractivity contribution >= 4 is 0 Å². The molecule has 90 valence electrons. The Bertz CT molecular complexity index is 343. The number of phenols is 1. The summed E-state index contributed by atoms with van der Waals surface area (Å²) in [6.07, 6.45) is -1.81. The van der Waals surface area contributed by atoms with Crippen molar-refractivity contribution in [2.24, 2.45) is 5.73 Å². The van der Waals surface area contributed by atoms with Gasteiger partial charge in [-0.3, -0.25) is 0 Å². The monoisotopic (exact) mass is 227 g/mol. The molecule has 1 rings (SSSR count). The number of hydrogen-bond donors (Lipinski definition) is 4. The number of benzene rings is 1. The van der Waals surface area contributed by atoms with Crippen LogP contribution in [0.2, 0.25) is 0 Å². The molecule has 0 radical (unpaired) electrons. The van der Waals surface area contributed by atoms with Gasteiger partial charge in [-0.25, -0.2) is 0 Å². The molecule has 5 heteroatoms. The Kier molecular flexibility index (Phi) is 4.54. The zero-order valence-corrected chi connectivity index (χ0v) is 9.13. The third-order valence-corrected chi connectivity index (χ3v) is 2.36. The molecule has 0 saturated carbocycles. The van der Waals surface area contributed by atoms with Gasteiger partial charge in [-0.1, -0.05) is 0 Å². The Balaban J connectivity index is 2.96. The van der Waals surface area contributed by atoms with Crippen LogP contribution in [0.25, 0.3) is 0 Å². The molecule has 2 unspecified atom stereocenters. The number of aliphatic hydroxyl groups excluding tert-OH is 2. The number of aromatic hydroxyl groups is 1. The molecule has 0 aliphatic rings. The quantitative estimate of drug-likeness (QED) is 0.574. The van der Waals surface area contributed by atoms with E-state index in [0.717, 1.165) is 0 Å². The summed E-state index contributed by atoms with van der Waals surface area (Å²) in [4.78, 5) is 0. The summed E-state index contributed by atoms with van der Waals surface area (Å²) in [5, 5.41) is 28.8. The van der Waals surface area contributed by atoms with Crippen molar-refractivity contribution in [2.75, 3.05) is 13.7 Å². The number of phenolic OH excluding ortho intramolecular Hbond substituents is 1. The lowest BCUT2D eigenvalue weighted by atomic mass is 10.0. The second-order valence-corrected chi connectivity index (χ2v) is 3.52. The van der Waals surface area contributed by atoms with Crippen molar-refractivity contribution in [3.05, 3.63) is 23.8 Å². The first kappa shape index (κ1) is 12.8. The SMILES string of the molecule is COc1ccc(O)cc1C(O)C(O)CCN. The van der Waals surface area contributed by atoms with Crippen LogP contribution in [0.15, 0.2) is 18.2 Å². The summed E-state index contributed by atoms with van der Waals surface area (Å²) < 4.78 is 5.04. The standard InChI is InChI=1S/C11H17NO4/c1-16-10-3-2-7(13)6-8(10)11(15)9(14)4-5-12/h2-3,6,9,11,13-15H,4-5,12H2,1H3. The molecule has 0 fully saturated rings. The fourth-order valence-corrected chi connectivity index (χ4v) is 1.49. The molecule has 0 bridgehead atoms. The molecule has 0 spiro atoms. The molecule has 16 heavy (non-hydrogen) atoms. The van der Waals surface area contributed by atoms with Crippen LogP contribution in [0.1, 0.15) is 18.1 Å². The molecule has 0 aliphatic heterocycles. The lowest BCUT2D eigenvalue weighted by Gasteiger charge is -2.19. The van der Waals surface area contributed by atoms with Gasteiger partial charge in [0.05, 0.1) is 13.2 Å². The molecule has 5 nitrogen and oxygen atoms in total. The van der Waals surface area contributed by atoms with Gasteiger partial charge in [-0.05, 0) is 31.2 Å². The second kappa shape index (κ2) is 5.69. The van der Waals surface area contributed by atoms with Crippen LogP contribution in [0.3, 0.4) is 0 Å². The van der Waals surface area contributed by atoms with E-state index in [4.69, 9.17) is 10.5 Å². The highest BCUT2D eigenvalue weighted by Gasteiger charge is 2.21. The van der Waals surface area contributed by atoms with Crippen LogP contribution >= 0.6 is 0 Å². The summed E-state index contributed by atoms with van der Waals surface area (Å²) in [5.74, 6) is 0.427. The minimum atomic E-state index is -1.12. The maximum atomic E-state index is 9.86. The van der Waals surface area contributed by atoms with Crippen LogP contribution < -0.4 is 10.5 Å². The van der Waals surface area contributed by atoms with E-state index < -0.39 is 12.2 Å². The molecule has 0 aliphatic carbocycles. The van der Waals surface area contributed by atoms with Crippen molar-refractivity contribution in [3.63, 3.8) is 0 Å². The van der Waals surface area contributed by atoms with Crippen LogP contribution in [-0.2, 0) is 0 Å². The Morgan fingerprint density at radius 3 is 2.62 bits per heavy atom. The topological polar surface area (TPSA) is 95.9 Å². The van der Waals surface area contributed by atoms with E-state index >= 15 is 0 Å². The second-order valence-electron chi connectivity index (χ2n) is 3.52. The van der Waals surface area contributed by atoms with Crippen molar-refractivity contribution in [2.45, 2.75) is 18.6 Å². The molecule has 0 heterocycles. The minimum Gasteiger partial charge on any atom is -0.508 e. The lowest BCUT2D eigenvalue weighted by molar-refractivity contribution is 0.0136. The molecule has 0 saturated heterocycles. The highest BCUT2D eigenvalue weighted by Crippen LogP contribution is 2.31. The summed E-state index contributed by atoms with van der Waals surface area (Å²) in [5.41, 5.74) is 5.64. The number of ether oxygens (including phenoxy) is 1. The molecule has 1 aromatic carbocycles. The molecule has 2 atom stereocenters. The predicted octanol–water partition coefficient (Wildman–Crippen LogP) is 0.144. The van der Waals surface area contributed by atoms with Crippen LogP contribution in [0.5, 0.6) is 11.5 Å². The Hall–Kier alpha value is -1.30. The third-order valence-electron chi connectivity index (χ3n) is 2.36. The van der Waals surface area contributed by atoms with Crippen molar-refractivity contribution in [3.8, 4) is 11.5 Å². The zero-order valence-electron chi connectivity index (χ0n) is 9.13. The summed E-state index contributed by atoms with van der Waals surface area (Å²) in [7, 11) is 1.46. The fraction of sp³-hybridized carbons (Fsp3) is 0.455. The Morgan fingerprint density at radius 2 is 2.06 bits per heavy atom. The number of nitrogens with two attached hydrogens (primary N) is 1. The Morgan fingerprint density at radius 1 is 1.38 bits per heavy atom. The summed E-state index contributed by atoms with van der Waals surface area (Å²) in [6, 6.07) is 4.34. The first-order valence-corrected chi connectivity index (χ1v) is 5.03. The number of hydrogen-bond acceptors (Lipinski definition) is 5. The zero-order chi connectivity index (χ0) is 12.1. The molecule has 0 amide bonds. The first-order valence-electron chi connectivity index (χ1n) is 5.03. The highest BCUT2D eigenvalue weighted by atomic mass is 16.5. The third kappa shape index (κ3) is 2.85. The van der Waals surface area contributed by atoms with Gasteiger partial charge in [0.2, 0.25) is 0 Å². The van der Waals surface area contributed by atoms with Gasteiger partial charge in [0, 0.05) is 5.56 Å². The fourth-order valence-electron chi connectivity index (χ4n) is 1.49. The van der Waals surface area contributed by atoms with E-state index in [1.165, 1.54) is 25.3 Å². The lowest BCUT2D eigenvalue weighted by Crippen LogP contribution is -2.22. The normalized spacial score (nSPS) is 14.5. The van der Waals surface area contributed by atoms with E-state index in [1.54, 1.807) is 0 Å². The van der Waals surface area contributed by atoms with Crippen molar-refractivity contribution in [1.82, 2.24) is 0 Å². The van der Waals surface area contributed by atoms with Crippen molar-refractivity contribution in [1.29, 1.82) is 0 Å². The average Bonchev–Trinajstić information content (AvgIpc) is 2.28. The van der Waals surface area contributed by atoms with E-state index in [-0.39, 0.29) is 18.7 Å². The van der Waals surface area contributed by atoms with Crippen LogP contribution in [0, 0.1) is 0 Å². The molecule has 1 aromatic rings. The number of methoxy groups -OCH3 is 1. The maximum Gasteiger partial charge on any atom is 0.125 e. The number of rotatable bonds is 5. The van der Waals surface area contributed by atoms with Gasteiger partial charge in [0.15, 0.2) is 0 Å². The van der Waals surface area contributed by atoms with Crippen LogP contribution in [0.4, 0.5) is 0 Å². The van der Waals surface area contributed by atoms with Gasteiger partial charge < -0.3 is 25.8 Å². The largest absolute Gasteiger partial charge is 0.508 e. The average molecular weight is 227 g/mol. The predicted molar refractivity (Wildman–Crippen MR) is 59.3 cm³/mol. The van der Waals surface area contributed by atoms with Gasteiger partial charge >= 0.3 is 0 Å². The van der Waals surface area contributed by atoms with Gasteiger partial charge in [0.25, 0.3) is 0 Å². The first-order chi connectivity index (χ1) is 7.60. The van der Waals surface area contributed by atoms with Gasteiger partial charge in [-0.2, -0.15) is 0 Å². The Labute approximate surface area is 94.1 Å². The van der Waals surface area contributed by atoms with E-state index in [2.05, 4.69) is 0 Å². The summed E-state index contributed by atoms with van der Waals surface area (Å²) in [6.45, 7) is 0.277. The van der Waals surface area contributed by atoms with E-state index in [1.807, 2.05) is 0 Å². The maximum absolute atomic E-state index is 9.86. The summed E-state index contributed by atoms with van der Waals surface area (Å²) >= 11 is 0.